The van der Waals surface area contributed by atoms with E-state index >= 15 is 0 Å². The Morgan fingerprint density at radius 2 is 1.71 bits per heavy atom. The van der Waals surface area contributed by atoms with Crippen molar-refractivity contribution in [1.29, 1.82) is 0 Å². The minimum absolute atomic E-state index is 0.185. The monoisotopic (exact) mass is 428 g/mol. The molecule has 1 N–H and O–H groups in total. The van der Waals surface area contributed by atoms with E-state index in [1.165, 1.54) is 17.0 Å². The van der Waals surface area contributed by atoms with Gasteiger partial charge in [0.15, 0.2) is 6.61 Å². The van der Waals surface area contributed by atoms with Crippen molar-refractivity contribution in [2.75, 3.05) is 13.2 Å². The Hall–Kier alpha value is -2.89. The zero-order valence-corrected chi connectivity index (χ0v) is 19.3. The molecule has 0 fully saturated rings. The Kier molecular flexibility index (Phi) is 8.60. The highest BCUT2D eigenvalue weighted by Gasteiger charge is 2.26. The molecule has 5 nitrogen and oxygen atoms in total. The largest absolute Gasteiger partial charge is 0.483 e. The molecule has 0 saturated carbocycles. The van der Waals surface area contributed by atoms with E-state index in [1.807, 2.05) is 40.7 Å². The minimum atomic E-state index is -0.694. The number of aryl methyl sites for hydroxylation is 2. The number of ether oxygens (including phenoxy) is 1. The zero-order valence-electron chi connectivity index (χ0n) is 19.3. The first-order chi connectivity index (χ1) is 14.6. The Balaban J connectivity index is 2.18. The van der Waals surface area contributed by atoms with Gasteiger partial charge < -0.3 is 15.0 Å². The Morgan fingerprint density at radius 1 is 1.06 bits per heavy atom. The van der Waals surface area contributed by atoms with E-state index in [-0.39, 0.29) is 30.8 Å². The summed E-state index contributed by atoms with van der Waals surface area (Å²) < 4.78 is 19.1. The summed E-state index contributed by atoms with van der Waals surface area (Å²) in [5, 5.41) is 2.88. The number of hydrogen-bond acceptors (Lipinski definition) is 3. The zero-order chi connectivity index (χ0) is 23.1. The maximum absolute atomic E-state index is 13.3. The molecule has 31 heavy (non-hydrogen) atoms. The first kappa shape index (κ1) is 24.4. The number of nitrogens with one attached hydrogen (secondary N) is 1. The first-order valence-electron chi connectivity index (χ1n) is 10.6. The topological polar surface area (TPSA) is 58.6 Å². The lowest BCUT2D eigenvalue weighted by Gasteiger charge is -2.29. The molecule has 0 saturated heterocycles. The number of hydrogen-bond donors (Lipinski definition) is 1. The third kappa shape index (κ3) is 7.09. The van der Waals surface area contributed by atoms with Gasteiger partial charge in [0.05, 0.1) is 0 Å². The van der Waals surface area contributed by atoms with E-state index in [2.05, 4.69) is 11.4 Å². The predicted molar refractivity (Wildman–Crippen MR) is 120 cm³/mol. The fourth-order valence-corrected chi connectivity index (χ4v) is 3.19. The van der Waals surface area contributed by atoms with E-state index in [0.29, 0.717) is 18.2 Å². The Morgan fingerprint density at radius 3 is 2.32 bits per heavy atom. The van der Waals surface area contributed by atoms with Gasteiger partial charge in [0.25, 0.3) is 5.91 Å². The minimum Gasteiger partial charge on any atom is -0.483 e. The van der Waals surface area contributed by atoms with Gasteiger partial charge in [-0.3, -0.25) is 9.59 Å². The van der Waals surface area contributed by atoms with Gasteiger partial charge in [-0.05, 0) is 74.1 Å². The second-order valence-electron chi connectivity index (χ2n) is 8.46. The van der Waals surface area contributed by atoms with Crippen molar-refractivity contribution in [1.82, 2.24) is 10.2 Å². The van der Waals surface area contributed by atoms with Gasteiger partial charge in [-0.25, -0.2) is 4.39 Å². The fourth-order valence-electron chi connectivity index (χ4n) is 3.19. The van der Waals surface area contributed by atoms with Crippen LogP contribution in [-0.2, 0) is 16.1 Å². The van der Waals surface area contributed by atoms with Crippen molar-refractivity contribution in [2.45, 2.75) is 54.1 Å². The van der Waals surface area contributed by atoms with E-state index in [0.717, 1.165) is 22.3 Å². The summed E-state index contributed by atoms with van der Waals surface area (Å²) in [6.45, 7) is 12.2. The van der Waals surface area contributed by atoms with Crippen LogP contribution in [0.25, 0.3) is 0 Å². The fraction of sp³-hybridized carbons (Fsp3) is 0.440. The second-order valence-corrected chi connectivity index (χ2v) is 8.46. The molecule has 2 amide bonds. The molecular formula is C25H33FN2O3. The molecule has 0 aromatic heterocycles. The highest BCUT2D eigenvalue weighted by molar-refractivity contribution is 5.88. The van der Waals surface area contributed by atoms with E-state index in [1.54, 1.807) is 19.1 Å². The highest BCUT2D eigenvalue weighted by Crippen LogP contribution is 2.23. The van der Waals surface area contributed by atoms with Gasteiger partial charge in [-0.2, -0.15) is 0 Å². The smallest absolute Gasteiger partial charge is 0.261 e. The van der Waals surface area contributed by atoms with Gasteiger partial charge in [-0.15, -0.1) is 0 Å². The summed E-state index contributed by atoms with van der Waals surface area (Å²) in [4.78, 5) is 27.2. The van der Waals surface area contributed by atoms with E-state index < -0.39 is 6.04 Å². The van der Waals surface area contributed by atoms with Crippen LogP contribution in [0.3, 0.4) is 0 Å². The molecule has 2 aromatic rings. The van der Waals surface area contributed by atoms with Crippen LogP contribution in [0, 0.1) is 32.5 Å². The number of carbonyl (C=O) groups is 2. The van der Waals surface area contributed by atoms with Gasteiger partial charge in [0, 0.05) is 13.1 Å². The van der Waals surface area contributed by atoms with Gasteiger partial charge >= 0.3 is 0 Å². The molecule has 0 bridgehead atoms. The van der Waals surface area contributed by atoms with Crippen molar-refractivity contribution < 1.29 is 18.7 Å². The van der Waals surface area contributed by atoms with Crippen molar-refractivity contribution in [3.05, 3.63) is 64.5 Å². The van der Waals surface area contributed by atoms with Gasteiger partial charge in [0.2, 0.25) is 5.91 Å². The molecule has 0 aliphatic rings. The normalized spacial score (nSPS) is 11.9. The van der Waals surface area contributed by atoms with Crippen LogP contribution in [-0.4, -0.2) is 35.9 Å². The lowest BCUT2D eigenvalue weighted by molar-refractivity contribution is -0.142. The van der Waals surface area contributed by atoms with E-state index in [4.69, 9.17) is 4.74 Å². The van der Waals surface area contributed by atoms with Crippen LogP contribution in [0.4, 0.5) is 4.39 Å². The van der Waals surface area contributed by atoms with E-state index in [9.17, 15) is 14.0 Å². The lowest BCUT2D eigenvalue weighted by atomic mass is 10.1. The highest BCUT2D eigenvalue weighted by atomic mass is 19.1. The standard InChI is InChI=1S/C25H33FN2O3/c1-16(2)13-27-25(30)20(6)28(14-21-7-9-22(26)10-8-21)24(29)15-31-23-12-17(3)11-18(4)19(23)5/h7-12,16,20H,13-15H2,1-6H3,(H,27,30). The summed E-state index contributed by atoms with van der Waals surface area (Å²) in [5.74, 6) is 0.0672. The Bertz CT molecular complexity index is 910. The molecule has 0 heterocycles. The number of halogens is 1. The quantitative estimate of drug-likeness (QED) is 0.647. The summed E-state index contributed by atoms with van der Waals surface area (Å²) in [7, 11) is 0. The molecule has 1 atom stereocenters. The molecule has 0 radical (unpaired) electrons. The lowest BCUT2D eigenvalue weighted by Crippen LogP contribution is -2.49. The summed E-state index contributed by atoms with van der Waals surface area (Å²) in [6, 6.07) is 9.19. The molecular weight excluding hydrogens is 395 g/mol. The van der Waals surface area contributed by atoms with Crippen molar-refractivity contribution in [3.63, 3.8) is 0 Å². The predicted octanol–water partition coefficient (Wildman–Crippen LogP) is 4.32. The second kappa shape index (κ2) is 10.9. The third-order valence-electron chi connectivity index (χ3n) is 5.23. The van der Waals surface area contributed by atoms with Gasteiger partial charge in [-0.1, -0.05) is 32.0 Å². The Labute approximate surface area is 184 Å². The maximum atomic E-state index is 13.3. The number of nitrogens with zero attached hydrogens (tertiary/aromatic N) is 1. The summed E-state index contributed by atoms with van der Waals surface area (Å²) in [6.07, 6.45) is 0. The third-order valence-corrected chi connectivity index (χ3v) is 5.23. The van der Waals surface area contributed by atoms with Crippen molar-refractivity contribution >= 4 is 11.8 Å². The molecule has 6 heteroatoms. The molecule has 1 unspecified atom stereocenters. The molecule has 0 aliphatic carbocycles. The SMILES string of the molecule is Cc1cc(C)c(C)c(OCC(=O)N(Cc2ccc(F)cc2)C(C)C(=O)NCC(C)C)c1. The molecule has 2 aromatic carbocycles. The summed E-state index contributed by atoms with van der Waals surface area (Å²) >= 11 is 0. The van der Waals surface area contributed by atoms with Crippen LogP contribution in [0.5, 0.6) is 5.75 Å². The van der Waals surface area contributed by atoms with Crippen LogP contribution in [0.1, 0.15) is 43.0 Å². The maximum Gasteiger partial charge on any atom is 0.261 e. The van der Waals surface area contributed by atoms with Crippen LogP contribution in [0.15, 0.2) is 36.4 Å². The van der Waals surface area contributed by atoms with Crippen LogP contribution < -0.4 is 10.1 Å². The molecule has 0 spiro atoms. The van der Waals surface area contributed by atoms with Gasteiger partial charge in [0.1, 0.15) is 17.6 Å². The summed E-state index contributed by atoms with van der Waals surface area (Å²) in [5.41, 5.74) is 3.86. The van der Waals surface area contributed by atoms with Crippen molar-refractivity contribution in [2.24, 2.45) is 5.92 Å². The average molecular weight is 429 g/mol. The number of amides is 2. The van der Waals surface area contributed by atoms with Crippen molar-refractivity contribution in [3.8, 4) is 5.75 Å². The number of carbonyl (C=O) groups excluding carboxylic acids is 2. The molecule has 168 valence electrons. The van der Waals surface area contributed by atoms with Crippen LogP contribution in [0.2, 0.25) is 0 Å². The molecule has 0 aliphatic heterocycles. The molecule has 2 rings (SSSR count). The first-order valence-corrected chi connectivity index (χ1v) is 10.6. The number of benzene rings is 2. The van der Waals surface area contributed by atoms with Crippen LogP contribution >= 0.6 is 0 Å². The average Bonchev–Trinajstić information content (AvgIpc) is 2.72. The number of rotatable bonds is 9.